The average Bonchev–Trinajstić information content (AvgIpc) is 2.50. The number of aromatic nitrogens is 3. The van der Waals surface area contributed by atoms with E-state index in [1.165, 1.54) is 0 Å². The van der Waals surface area contributed by atoms with Gasteiger partial charge in [0.15, 0.2) is 0 Å². The summed E-state index contributed by atoms with van der Waals surface area (Å²) in [5, 5.41) is 3.66. The van der Waals surface area contributed by atoms with Gasteiger partial charge in [0.1, 0.15) is 0 Å². The van der Waals surface area contributed by atoms with Gasteiger partial charge in [-0.15, -0.1) is 0 Å². The minimum atomic E-state index is -3.40. The van der Waals surface area contributed by atoms with Crippen molar-refractivity contribution in [3.8, 4) is 6.01 Å². The minimum absolute atomic E-state index is 0.605. The Morgan fingerprint density at radius 1 is 1.06 bits per heavy atom. The van der Waals surface area contributed by atoms with E-state index in [9.17, 15) is 0 Å². The SMILES string of the molecule is [2H]C([2H])([2H])C([2H])(Nc1nc(NC([2H])(C([2H])([2H])[2H])C([2H])([2H])[2H])nc(OC)n1)C([2H])([2H])[2H]. The van der Waals surface area contributed by atoms with Gasteiger partial charge in [0, 0.05) is 28.5 Å². The van der Waals surface area contributed by atoms with Gasteiger partial charge >= 0.3 is 6.01 Å². The van der Waals surface area contributed by atoms with E-state index in [4.69, 9.17) is 23.9 Å². The predicted molar refractivity (Wildman–Crippen MR) is 63.9 cm³/mol. The number of anilines is 2. The normalized spacial score (nSPS) is 28.1. The van der Waals surface area contributed by atoms with Gasteiger partial charge in [0.2, 0.25) is 11.9 Å². The fourth-order valence-electron chi connectivity index (χ4n) is 0.783. The highest BCUT2D eigenvalue weighted by molar-refractivity contribution is 5.36. The second kappa shape index (κ2) is 5.48. The molecule has 0 bridgehead atoms. The van der Waals surface area contributed by atoms with Gasteiger partial charge in [-0.1, -0.05) is 0 Å². The van der Waals surface area contributed by atoms with Gasteiger partial charge in [-0.2, -0.15) is 15.0 Å². The lowest BCUT2D eigenvalue weighted by Gasteiger charge is -2.12. The fourth-order valence-corrected chi connectivity index (χ4v) is 0.783. The molecule has 0 amide bonds. The Labute approximate surface area is 116 Å². The van der Waals surface area contributed by atoms with Crippen molar-refractivity contribution in [2.45, 2.75) is 39.4 Å². The first-order chi connectivity index (χ1) is 13.1. The van der Waals surface area contributed by atoms with Crippen LogP contribution < -0.4 is 15.4 Å². The minimum Gasteiger partial charge on any atom is -0.467 e. The predicted octanol–water partition coefficient (Wildman–Crippen LogP) is 1.52. The molecule has 0 aliphatic heterocycles. The summed E-state index contributed by atoms with van der Waals surface area (Å²) >= 11 is 0. The molecule has 0 aromatic carbocycles. The Hall–Kier alpha value is -1.59. The van der Waals surface area contributed by atoms with Crippen LogP contribution in [0.2, 0.25) is 0 Å². The van der Waals surface area contributed by atoms with Crippen LogP contribution in [-0.4, -0.2) is 34.1 Å². The molecule has 2 N–H and O–H groups in total. The molecule has 0 atom stereocenters. The molecule has 6 nitrogen and oxygen atoms in total. The highest BCUT2D eigenvalue weighted by atomic mass is 16.5. The van der Waals surface area contributed by atoms with Crippen LogP contribution in [-0.2, 0) is 0 Å². The van der Waals surface area contributed by atoms with E-state index in [0.717, 1.165) is 7.11 Å². The Morgan fingerprint density at radius 2 is 1.56 bits per heavy atom. The van der Waals surface area contributed by atoms with Gasteiger partial charge < -0.3 is 15.4 Å². The third-order valence-corrected chi connectivity index (χ3v) is 1.27. The second-order valence-corrected chi connectivity index (χ2v) is 2.47. The van der Waals surface area contributed by atoms with Gasteiger partial charge in [0.05, 0.1) is 9.85 Å². The molecular formula is C10H19N5O. The van der Waals surface area contributed by atoms with Crippen molar-refractivity contribution < 1.29 is 23.9 Å². The van der Waals surface area contributed by atoms with Crippen molar-refractivity contribution in [2.75, 3.05) is 17.7 Å². The Bertz CT molecular complexity index is 667. The lowest BCUT2D eigenvalue weighted by molar-refractivity contribution is 0.379. The summed E-state index contributed by atoms with van der Waals surface area (Å²) in [7, 11) is 1.05. The van der Waals surface area contributed by atoms with E-state index in [1.807, 2.05) is 10.6 Å². The molecule has 0 aliphatic rings. The van der Waals surface area contributed by atoms with Crippen LogP contribution in [0.4, 0.5) is 11.9 Å². The number of ether oxygens (including phenoxy) is 1. The zero-order chi connectivity index (χ0) is 24.0. The zero-order valence-electron chi connectivity index (χ0n) is 22.2. The molecular weight excluding hydrogens is 206 g/mol. The summed E-state index contributed by atoms with van der Waals surface area (Å²) in [5.74, 6) is -1.69. The maximum absolute atomic E-state index is 7.92. The number of hydrogen-bond donors (Lipinski definition) is 2. The largest absolute Gasteiger partial charge is 0.467 e. The van der Waals surface area contributed by atoms with E-state index in [0.29, 0.717) is 0 Å². The van der Waals surface area contributed by atoms with Crippen molar-refractivity contribution >= 4 is 11.9 Å². The fraction of sp³-hybridized carbons (Fsp3) is 0.700. The average molecular weight is 239 g/mol. The highest BCUT2D eigenvalue weighted by Gasteiger charge is 2.08. The van der Waals surface area contributed by atoms with Crippen LogP contribution in [0.15, 0.2) is 0 Å². The number of rotatable bonds is 5. The van der Waals surface area contributed by atoms with Crippen LogP contribution in [0.25, 0.3) is 0 Å². The molecule has 0 spiro atoms. The Balaban J connectivity index is 3.54. The van der Waals surface area contributed by atoms with E-state index >= 15 is 0 Å². The summed E-state index contributed by atoms with van der Waals surface area (Å²) in [6.07, 6.45) is 0. The lowest BCUT2D eigenvalue weighted by Crippen LogP contribution is -2.17. The number of nitrogens with zero attached hydrogens (tertiary/aromatic N) is 3. The second-order valence-electron chi connectivity index (χ2n) is 2.47. The molecule has 90 valence electrons. The molecule has 1 heterocycles. The van der Waals surface area contributed by atoms with E-state index < -0.39 is 57.4 Å². The van der Waals surface area contributed by atoms with Crippen LogP contribution in [0.3, 0.4) is 0 Å². The van der Waals surface area contributed by atoms with Crippen LogP contribution in [0, 0.1) is 0 Å². The summed E-state index contributed by atoms with van der Waals surface area (Å²) < 4.78 is 109. The van der Waals surface area contributed by atoms with Gasteiger partial charge in [0.25, 0.3) is 0 Å². The molecule has 0 unspecified atom stereocenters. The number of methoxy groups -OCH3 is 1. The molecule has 0 fully saturated rings. The third kappa shape index (κ3) is 3.88. The highest BCUT2D eigenvalue weighted by Crippen LogP contribution is 2.12. The number of nitrogens with one attached hydrogen (secondary N) is 2. The maximum Gasteiger partial charge on any atom is 0.322 e. The zero-order valence-corrected chi connectivity index (χ0v) is 8.25. The standard InChI is InChI=1S/C10H19N5O/c1-6(2)11-8-13-9(12-7(3)4)15-10(14-8)16-5/h6-7H,1-5H3,(H2,11,12,13,14,15)/i1D3,2D3,3D3,4D3,6D,7D. The molecule has 1 rings (SSSR count). The summed E-state index contributed by atoms with van der Waals surface area (Å²) in [4.78, 5) is 10.7. The Morgan fingerprint density at radius 3 is 1.94 bits per heavy atom. The Kier molecular flexibility index (Phi) is 1.10. The molecule has 0 saturated carbocycles. The van der Waals surface area contributed by atoms with Crippen LogP contribution in [0.5, 0.6) is 6.01 Å². The first-order valence-electron chi connectivity index (χ1n) is 11.0. The molecule has 0 radical (unpaired) electrons. The van der Waals surface area contributed by atoms with Crippen molar-refractivity contribution in [1.29, 1.82) is 0 Å². The summed E-state index contributed by atoms with van der Waals surface area (Å²) in [6, 6.07) is -7.20. The van der Waals surface area contributed by atoms with Crippen molar-refractivity contribution in [3.05, 3.63) is 0 Å². The molecule has 1 aromatic heterocycles. The number of hydrogen-bond acceptors (Lipinski definition) is 6. The molecule has 0 aliphatic carbocycles. The topological polar surface area (TPSA) is 72.0 Å². The smallest absolute Gasteiger partial charge is 0.322 e. The molecule has 0 saturated heterocycles. The molecule has 6 heteroatoms. The van der Waals surface area contributed by atoms with Crippen LogP contribution in [0.1, 0.15) is 46.6 Å². The quantitative estimate of drug-likeness (QED) is 0.811. The summed E-state index contributed by atoms with van der Waals surface area (Å²) in [6.45, 7) is -13.6. The van der Waals surface area contributed by atoms with Gasteiger partial charge in [-0.25, -0.2) is 0 Å². The van der Waals surface area contributed by atoms with Crippen molar-refractivity contribution in [3.63, 3.8) is 0 Å². The van der Waals surface area contributed by atoms with E-state index in [-0.39, 0.29) is 0 Å². The monoisotopic (exact) mass is 239 g/mol. The van der Waals surface area contributed by atoms with Gasteiger partial charge in [-0.3, -0.25) is 0 Å². The van der Waals surface area contributed by atoms with Crippen molar-refractivity contribution in [2.24, 2.45) is 0 Å². The van der Waals surface area contributed by atoms with Crippen molar-refractivity contribution in [1.82, 2.24) is 15.0 Å². The van der Waals surface area contributed by atoms with Crippen LogP contribution >= 0.6 is 0 Å². The summed E-state index contributed by atoms with van der Waals surface area (Å²) in [5.41, 5.74) is 0. The molecule has 16 heavy (non-hydrogen) atoms. The van der Waals surface area contributed by atoms with Gasteiger partial charge in [-0.05, 0) is 27.4 Å². The van der Waals surface area contributed by atoms with E-state index in [2.05, 4.69) is 15.0 Å². The first kappa shape index (κ1) is 3.21. The third-order valence-electron chi connectivity index (χ3n) is 1.27. The van der Waals surface area contributed by atoms with E-state index in [1.54, 1.807) is 0 Å². The maximum atomic E-state index is 7.92. The molecule has 1 aromatic rings. The lowest BCUT2D eigenvalue weighted by atomic mass is 10.4. The first-order valence-corrected chi connectivity index (χ1v) is 3.95.